The molecule has 2 unspecified atom stereocenters. The Kier molecular flexibility index (Phi) is 6.84. The van der Waals surface area contributed by atoms with E-state index in [1.165, 1.54) is 6.92 Å². The number of carbonyl (C=O) groups excluding carboxylic acids is 4. The highest BCUT2D eigenvalue weighted by Crippen LogP contribution is 2.29. The van der Waals surface area contributed by atoms with E-state index in [4.69, 9.17) is 9.47 Å². The van der Waals surface area contributed by atoms with E-state index >= 15 is 0 Å². The molecule has 2 aliphatic heterocycles. The van der Waals surface area contributed by atoms with Crippen LogP contribution in [-0.4, -0.2) is 67.6 Å². The van der Waals surface area contributed by atoms with Gasteiger partial charge in [-0.15, -0.1) is 0 Å². The SMILES string of the molecule is CC(NC(=O)C1COC1)C(=O)NCC(=O)NC(Cc1ccccc1)C(=O)[C@@]1(C)CO1. The molecule has 2 aliphatic rings. The van der Waals surface area contributed by atoms with Crippen LogP contribution in [0.25, 0.3) is 0 Å². The van der Waals surface area contributed by atoms with Crippen molar-refractivity contribution in [1.82, 2.24) is 16.0 Å². The molecule has 1 aromatic rings. The summed E-state index contributed by atoms with van der Waals surface area (Å²) >= 11 is 0. The summed E-state index contributed by atoms with van der Waals surface area (Å²) in [6.07, 6.45) is 0.328. The minimum atomic E-state index is -0.875. The first-order valence-electron chi connectivity index (χ1n) is 9.96. The molecule has 0 aliphatic carbocycles. The van der Waals surface area contributed by atoms with Crippen molar-refractivity contribution in [3.8, 4) is 0 Å². The molecular weight excluding hydrogens is 390 g/mol. The number of Topliss-reactive ketones (excluding diaryl/α,β-unsaturated/α-hetero) is 1. The fraction of sp³-hybridized carbons (Fsp3) is 0.524. The molecule has 1 aromatic carbocycles. The van der Waals surface area contributed by atoms with E-state index < -0.39 is 29.5 Å². The summed E-state index contributed by atoms with van der Waals surface area (Å²) in [5, 5.41) is 7.77. The summed E-state index contributed by atoms with van der Waals surface area (Å²) in [5.74, 6) is -1.66. The van der Waals surface area contributed by atoms with Gasteiger partial charge in [-0.05, 0) is 25.8 Å². The smallest absolute Gasteiger partial charge is 0.242 e. The lowest BCUT2D eigenvalue weighted by Crippen LogP contribution is -2.53. The molecule has 162 valence electrons. The number of carbonyl (C=O) groups is 4. The molecule has 0 spiro atoms. The van der Waals surface area contributed by atoms with Crippen molar-refractivity contribution in [2.45, 2.75) is 38.0 Å². The highest BCUT2D eigenvalue weighted by molar-refractivity contribution is 5.97. The Balaban J connectivity index is 1.50. The first kappa shape index (κ1) is 21.9. The number of hydrogen-bond acceptors (Lipinski definition) is 6. The van der Waals surface area contributed by atoms with E-state index in [-0.39, 0.29) is 24.2 Å². The molecule has 9 heteroatoms. The molecule has 0 bridgehead atoms. The van der Waals surface area contributed by atoms with Gasteiger partial charge in [-0.25, -0.2) is 0 Å². The van der Waals surface area contributed by atoms with Crippen LogP contribution < -0.4 is 16.0 Å². The van der Waals surface area contributed by atoms with Crippen LogP contribution in [0.3, 0.4) is 0 Å². The molecule has 0 aromatic heterocycles. The zero-order valence-corrected chi connectivity index (χ0v) is 17.1. The number of epoxide rings is 1. The van der Waals surface area contributed by atoms with Gasteiger partial charge >= 0.3 is 0 Å². The molecule has 3 N–H and O–H groups in total. The normalized spacial score (nSPS) is 22.2. The van der Waals surface area contributed by atoms with Gasteiger partial charge in [-0.3, -0.25) is 19.2 Å². The van der Waals surface area contributed by atoms with Gasteiger partial charge in [0.2, 0.25) is 17.7 Å². The molecule has 2 heterocycles. The molecule has 2 saturated heterocycles. The Morgan fingerprint density at radius 1 is 1.13 bits per heavy atom. The summed E-state index contributed by atoms with van der Waals surface area (Å²) in [4.78, 5) is 49.2. The summed E-state index contributed by atoms with van der Waals surface area (Å²) in [6, 6.07) is 7.80. The number of nitrogens with one attached hydrogen (secondary N) is 3. The van der Waals surface area contributed by atoms with Crippen molar-refractivity contribution in [3.05, 3.63) is 35.9 Å². The number of ketones is 1. The largest absolute Gasteiger partial charge is 0.380 e. The third-order valence-electron chi connectivity index (χ3n) is 5.22. The number of hydrogen-bond donors (Lipinski definition) is 3. The molecule has 2 fully saturated rings. The van der Waals surface area contributed by atoms with Crippen LogP contribution >= 0.6 is 0 Å². The zero-order chi connectivity index (χ0) is 21.7. The number of rotatable bonds is 10. The lowest BCUT2D eigenvalue weighted by Gasteiger charge is -2.26. The summed E-state index contributed by atoms with van der Waals surface area (Å²) < 4.78 is 10.2. The monoisotopic (exact) mass is 417 g/mol. The third-order valence-corrected chi connectivity index (χ3v) is 5.22. The van der Waals surface area contributed by atoms with E-state index in [1.807, 2.05) is 30.3 Å². The fourth-order valence-electron chi connectivity index (χ4n) is 3.03. The van der Waals surface area contributed by atoms with Crippen molar-refractivity contribution < 1.29 is 28.7 Å². The second-order valence-corrected chi connectivity index (χ2v) is 7.88. The van der Waals surface area contributed by atoms with Crippen molar-refractivity contribution in [2.75, 3.05) is 26.4 Å². The molecule has 3 amide bonds. The maximum absolute atomic E-state index is 12.7. The van der Waals surface area contributed by atoms with Gasteiger partial charge in [-0.1, -0.05) is 30.3 Å². The maximum Gasteiger partial charge on any atom is 0.242 e. The molecule has 0 saturated carbocycles. The van der Waals surface area contributed by atoms with Gasteiger partial charge in [0.25, 0.3) is 0 Å². The van der Waals surface area contributed by atoms with Crippen molar-refractivity contribution >= 4 is 23.5 Å². The van der Waals surface area contributed by atoms with Gasteiger partial charge < -0.3 is 25.4 Å². The second kappa shape index (κ2) is 9.36. The minimum Gasteiger partial charge on any atom is -0.380 e. The molecular formula is C21H27N3O6. The van der Waals surface area contributed by atoms with Gasteiger partial charge in [0.05, 0.1) is 38.3 Å². The van der Waals surface area contributed by atoms with Gasteiger partial charge in [0.15, 0.2) is 5.78 Å². The van der Waals surface area contributed by atoms with Crippen LogP contribution in [0, 0.1) is 5.92 Å². The maximum atomic E-state index is 12.7. The average molecular weight is 417 g/mol. The van der Waals surface area contributed by atoms with E-state index in [9.17, 15) is 19.2 Å². The quantitative estimate of drug-likeness (QED) is 0.434. The van der Waals surface area contributed by atoms with E-state index in [0.717, 1.165) is 5.56 Å². The van der Waals surface area contributed by atoms with Crippen LogP contribution in [0.15, 0.2) is 30.3 Å². The van der Waals surface area contributed by atoms with Crippen molar-refractivity contribution in [1.29, 1.82) is 0 Å². The number of amides is 3. The standard InChI is InChI=1S/C21H27N3O6/c1-13(23-20(28)15-10-29-11-15)19(27)22-9-17(25)24-16(18(26)21(2)12-30-21)8-14-6-4-3-5-7-14/h3-7,13,15-16H,8-12H2,1-2H3,(H,22,27)(H,23,28)(H,24,25)/t13?,16?,21-/m1/s1. The second-order valence-electron chi connectivity index (χ2n) is 7.88. The lowest BCUT2D eigenvalue weighted by molar-refractivity contribution is -0.141. The van der Waals surface area contributed by atoms with Crippen molar-refractivity contribution in [2.24, 2.45) is 5.92 Å². The number of benzene rings is 1. The Bertz CT molecular complexity index is 804. The zero-order valence-electron chi connectivity index (χ0n) is 17.1. The fourth-order valence-corrected chi connectivity index (χ4v) is 3.03. The lowest BCUT2D eigenvalue weighted by atomic mass is 9.95. The highest BCUT2D eigenvalue weighted by atomic mass is 16.6. The van der Waals surface area contributed by atoms with Crippen LogP contribution in [0.1, 0.15) is 19.4 Å². The Morgan fingerprint density at radius 2 is 1.80 bits per heavy atom. The van der Waals surface area contributed by atoms with Crippen LogP contribution in [-0.2, 0) is 35.1 Å². The summed E-state index contributed by atoms with van der Waals surface area (Å²) in [5.41, 5.74) is 0.0285. The Morgan fingerprint density at radius 3 is 2.37 bits per heavy atom. The topological polar surface area (TPSA) is 126 Å². The molecule has 0 radical (unpaired) electrons. The van der Waals surface area contributed by atoms with Crippen LogP contribution in [0.2, 0.25) is 0 Å². The average Bonchev–Trinajstić information content (AvgIpc) is 3.43. The van der Waals surface area contributed by atoms with Crippen LogP contribution in [0.4, 0.5) is 0 Å². The minimum absolute atomic E-state index is 0.200. The Labute approximate surface area is 174 Å². The van der Waals surface area contributed by atoms with E-state index in [2.05, 4.69) is 16.0 Å². The van der Waals surface area contributed by atoms with Gasteiger partial charge in [0.1, 0.15) is 11.6 Å². The molecule has 30 heavy (non-hydrogen) atoms. The predicted molar refractivity (Wildman–Crippen MR) is 106 cm³/mol. The molecule has 3 rings (SSSR count). The highest BCUT2D eigenvalue weighted by Gasteiger charge is 2.50. The van der Waals surface area contributed by atoms with Gasteiger partial charge in [0, 0.05) is 0 Å². The third kappa shape index (κ3) is 5.64. The number of ether oxygens (including phenoxy) is 2. The van der Waals surface area contributed by atoms with Crippen LogP contribution in [0.5, 0.6) is 0 Å². The predicted octanol–water partition coefficient (Wildman–Crippen LogP) is -0.661. The summed E-state index contributed by atoms with van der Waals surface area (Å²) in [6.45, 7) is 3.95. The summed E-state index contributed by atoms with van der Waals surface area (Å²) in [7, 11) is 0. The van der Waals surface area contributed by atoms with Gasteiger partial charge in [-0.2, -0.15) is 0 Å². The van der Waals surface area contributed by atoms with E-state index in [1.54, 1.807) is 6.92 Å². The molecule has 3 atom stereocenters. The first-order valence-corrected chi connectivity index (χ1v) is 9.96. The Hall–Kier alpha value is -2.78. The van der Waals surface area contributed by atoms with E-state index in [0.29, 0.717) is 26.2 Å². The van der Waals surface area contributed by atoms with Crippen molar-refractivity contribution in [3.63, 3.8) is 0 Å². The molecule has 9 nitrogen and oxygen atoms in total. The first-order chi connectivity index (χ1) is 14.3.